The van der Waals surface area contributed by atoms with E-state index in [0.717, 1.165) is 24.2 Å². The molecule has 1 atom stereocenters. The minimum absolute atomic E-state index is 0.239. The van der Waals surface area contributed by atoms with Gasteiger partial charge in [-0.2, -0.15) is 5.10 Å². The van der Waals surface area contributed by atoms with Crippen molar-refractivity contribution in [2.24, 2.45) is 5.10 Å². The summed E-state index contributed by atoms with van der Waals surface area (Å²) in [7, 11) is 0. The van der Waals surface area contributed by atoms with Gasteiger partial charge in [0.25, 0.3) is 5.91 Å². The zero-order chi connectivity index (χ0) is 26.6. The van der Waals surface area contributed by atoms with E-state index in [1.807, 2.05) is 30.3 Å². The number of hydrogen-bond donors (Lipinski definition) is 3. The van der Waals surface area contributed by atoms with Crippen molar-refractivity contribution in [1.82, 2.24) is 16.1 Å². The Morgan fingerprint density at radius 2 is 1.86 bits per heavy atom. The quantitative estimate of drug-likeness (QED) is 0.127. The van der Waals surface area contributed by atoms with E-state index in [0.29, 0.717) is 34.3 Å². The van der Waals surface area contributed by atoms with Crippen molar-refractivity contribution in [2.45, 2.75) is 39.7 Å². The van der Waals surface area contributed by atoms with Crippen molar-refractivity contribution >= 4 is 35.4 Å². The fraction of sp³-hybridized carbons (Fsp3) is 0.333. The average molecular weight is 525 g/mol. The lowest BCUT2D eigenvalue weighted by molar-refractivity contribution is -0.139. The maximum absolute atomic E-state index is 12.7. The van der Waals surface area contributed by atoms with Crippen molar-refractivity contribution in [1.29, 1.82) is 0 Å². The zero-order valence-corrected chi connectivity index (χ0v) is 22.0. The fourth-order valence-electron chi connectivity index (χ4n) is 3.60. The summed E-state index contributed by atoms with van der Waals surface area (Å²) < 4.78 is 16.7. The molecule has 3 rings (SSSR count). The molecule has 9 nitrogen and oxygen atoms in total. The molecule has 0 spiro atoms. The van der Waals surface area contributed by atoms with Gasteiger partial charge >= 0.3 is 5.97 Å². The summed E-state index contributed by atoms with van der Waals surface area (Å²) in [5.41, 5.74) is 4.90. The summed E-state index contributed by atoms with van der Waals surface area (Å²) in [6.07, 6.45) is 3.63. The predicted octanol–water partition coefficient (Wildman–Crippen LogP) is 3.75. The number of allylic oxidation sites excluding steroid dienone is 1. The standard InChI is InChI=1S/C27H32N4O5S/c1-4-6-15-35-20-13-11-19(12-14-20)16-28-31-23(32)17-36-22-10-8-7-9-21(22)25-24(26(33)34-5-2)18(3)29-27(37)30-25/h7-14,16,25H,4-6,15,17H2,1-3H3,(H,31,32)(H2,29,30,37)/t25-/m0/s1. The molecule has 1 aliphatic rings. The van der Waals surface area contributed by atoms with Crippen LogP contribution in [0.4, 0.5) is 0 Å². The van der Waals surface area contributed by atoms with Crippen molar-refractivity contribution < 1.29 is 23.8 Å². The van der Waals surface area contributed by atoms with Gasteiger partial charge in [-0.05, 0) is 68.4 Å². The molecule has 0 aromatic heterocycles. The minimum Gasteiger partial charge on any atom is -0.494 e. The van der Waals surface area contributed by atoms with Gasteiger partial charge in [-0.3, -0.25) is 4.79 Å². The molecular formula is C27H32N4O5S. The van der Waals surface area contributed by atoms with Crippen LogP contribution in [0.3, 0.4) is 0 Å². The molecule has 196 valence electrons. The molecule has 0 bridgehead atoms. The molecule has 37 heavy (non-hydrogen) atoms. The highest BCUT2D eigenvalue weighted by Crippen LogP contribution is 2.33. The lowest BCUT2D eigenvalue weighted by Crippen LogP contribution is -2.45. The number of thiocarbonyl (C=S) groups is 1. The third-order valence-electron chi connectivity index (χ3n) is 5.40. The molecule has 0 unspecified atom stereocenters. The maximum Gasteiger partial charge on any atom is 0.338 e. The second-order valence-electron chi connectivity index (χ2n) is 8.18. The summed E-state index contributed by atoms with van der Waals surface area (Å²) in [4.78, 5) is 25.0. The Hall–Kier alpha value is -3.92. The molecule has 1 heterocycles. The van der Waals surface area contributed by atoms with Crippen LogP contribution < -0.4 is 25.5 Å². The van der Waals surface area contributed by atoms with Crippen molar-refractivity contribution in [2.75, 3.05) is 19.8 Å². The number of carbonyl (C=O) groups excluding carboxylic acids is 2. The van der Waals surface area contributed by atoms with E-state index in [4.69, 9.17) is 26.4 Å². The fourth-order valence-corrected chi connectivity index (χ4v) is 3.87. The number of nitrogens with zero attached hydrogens (tertiary/aromatic N) is 1. The number of amides is 1. The van der Waals surface area contributed by atoms with Gasteiger partial charge in [0.15, 0.2) is 11.7 Å². The number of carbonyl (C=O) groups is 2. The number of rotatable bonds is 12. The van der Waals surface area contributed by atoms with Crippen LogP contribution in [0, 0.1) is 0 Å². The minimum atomic E-state index is -0.598. The van der Waals surface area contributed by atoms with E-state index in [9.17, 15) is 9.59 Å². The summed E-state index contributed by atoms with van der Waals surface area (Å²) in [5, 5.41) is 10.4. The number of benzene rings is 2. The smallest absolute Gasteiger partial charge is 0.338 e. The highest BCUT2D eigenvalue weighted by atomic mass is 32.1. The Kier molecular flexibility index (Phi) is 10.5. The van der Waals surface area contributed by atoms with Gasteiger partial charge in [0, 0.05) is 11.3 Å². The molecule has 1 aliphatic heterocycles. The van der Waals surface area contributed by atoms with E-state index in [2.05, 4.69) is 28.1 Å². The average Bonchev–Trinajstić information content (AvgIpc) is 2.88. The van der Waals surface area contributed by atoms with E-state index >= 15 is 0 Å². The van der Waals surface area contributed by atoms with Crippen molar-refractivity contribution in [3.8, 4) is 11.5 Å². The lowest BCUT2D eigenvalue weighted by Gasteiger charge is -2.30. The largest absolute Gasteiger partial charge is 0.494 e. The van der Waals surface area contributed by atoms with Crippen LogP contribution in [0.15, 0.2) is 64.9 Å². The summed E-state index contributed by atoms with van der Waals surface area (Å²) in [6.45, 7) is 6.27. The second kappa shape index (κ2) is 14.0. The SMILES string of the molecule is CCCCOc1ccc(C=NNC(=O)COc2ccccc2[C@@H]2NC(=S)NC(C)=C2C(=O)OCC)cc1. The predicted molar refractivity (Wildman–Crippen MR) is 145 cm³/mol. The third kappa shape index (κ3) is 8.04. The van der Waals surface area contributed by atoms with Crippen LogP contribution >= 0.6 is 12.2 Å². The highest BCUT2D eigenvalue weighted by molar-refractivity contribution is 7.80. The normalized spacial score (nSPS) is 15.1. The van der Waals surface area contributed by atoms with Crippen LogP contribution in [0.2, 0.25) is 0 Å². The monoisotopic (exact) mass is 524 g/mol. The summed E-state index contributed by atoms with van der Waals surface area (Å²) in [6, 6.07) is 14.0. The Morgan fingerprint density at radius 3 is 2.59 bits per heavy atom. The number of hydrogen-bond acceptors (Lipinski definition) is 7. The number of esters is 1. The van der Waals surface area contributed by atoms with Gasteiger partial charge in [0.1, 0.15) is 11.5 Å². The first-order valence-electron chi connectivity index (χ1n) is 12.1. The molecule has 0 radical (unpaired) electrons. The molecule has 3 N–H and O–H groups in total. The van der Waals surface area contributed by atoms with Gasteiger partial charge in [-0.1, -0.05) is 31.5 Å². The van der Waals surface area contributed by atoms with Crippen molar-refractivity contribution in [3.05, 3.63) is 70.9 Å². The Morgan fingerprint density at radius 1 is 1.11 bits per heavy atom. The number of unbranched alkanes of at least 4 members (excludes halogenated alkanes) is 1. The van der Waals surface area contributed by atoms with Crippen LogP contribution in [0.25, 0.3) is 0 Å². The van der Waals surface area contributed by atoms with Crippen LogP contribution in [0.5, 0.6) is 11.5 Å². The lowest BCUT2D eigenvalue weighted by atomic mass is 9.95. The molecule has 0 saturated heterocycles. The first-order chi connectivity index (χ1) is 17.9. The van der Waals surface area contributed by atoms with E-state index < -0.39 is 17.9 Å². The number of para-hydroxylation sites is 1. The first-order valence-corrected chi connectivity index (χ1v) is 12.6. The zero-order valence-electron chi connectivity index (χ0n) is 21.2. The molecule has 0 aliphatic carbocycles. The third-order valence-corrected chi connectivity index (χ3v) is 5.62. The van der Waals surface area contributed by atoms with E-state index in [-0.39, 0.29) is 13.2 Å². The van der Waals surface area contributed by atoms with Crippen LogP contribution in [-0.2, 0) is 14.3 Å². The molecule has 0 fully saturated rings. The Balaban J connectivity index is 1.61. The maximum atomic E-state index is 12.7. The molecule has 2 aromatic rings. The Bertz CT molecular complexity index is 1160. The number of hydrazone groups is 1. The van der Waals surface area contributed by atoms with Gasteiger partial charge in [0.2, 0.25) is 0 Å². The number of nitrogens with one attached hydrogen (secondary N) is 3. The van der Waals surface area contributed by atoms with Gasteiger partial charge < -0.3 is 24.8 Å². The van der Waals surface area contributed by atoms with E-state index in [1.54, 1.807) is 38.3 Å². The van der Waals surface area contributed by atoms with Gasteiger partial charge in [0.05, 0.1) is 31.0 Å². The first kappa shape index (κ1) is 27.7. The topological polar surface area (TPSA) is 110 Å². The molecule has 1 amide bonds. The van der Waals surface area contributed by atoms with Crippen LogP contribution in [0.1, 0.15) is 50.8 Å². The molecule has 0 saturated carbocycles. The highest BCUT2D eigenvalue weighted by Gasteiger charge is 2.32. The van der Waals surface area contributed by atoms with Crippen LogP contribution in [-0.4, -0.2) is 43.0 Å². The molecular weight excluding hydrogens is 492 g/mol. The van der Waals surface area contributed by atoms with Gasteiger partial charge in [-0.25, -0.2) is 10.2 Å². The van der Waals surface area contributed by atoms with Gasteiger partial charge in [-0.15, -0.1) is 0 Å². The van der Waals surface area contributed by atoms with Crippen molar-refractivity contribution in [3.63, 3.8) is 0 Å². The summed E-state index contributed by atoms with van der Waals surface area (Å²) in [5.74, 6) is 0.325. The second-order valence-corrected chi connectivity index (χ2v) is 8.59. The molecule has 2 aromatic carbocycles. The number of ether oxygens (including phenoxy) is 3. The molecule has 10 heteroatoms. The Labute approximate surface area is 222 Å². The van der Waals surface area contributed by atoms with E-state index in [1.165, 1.54) is 0 Å². The summed E-state index contributed by atoms with van der Waals surface area (Å²) >= 11 is 5.30.